The maximum absolute atomic E-state index is 10.3. The number of aliphatic hydroxyl groups excluding tert-OH is 1. The monoisotopic (exact) mass is 258 g/mol. The second kappa shape index (κ2) is 5.57. The summed E-state index contributed by atoms with van der Waals surface area (Å²) < 4.78 is 2.00. The van der Waals surface area contributed by atoms with E-state index in [2.05, 4.69) is 31.0 Å². The van der Waals surface area contributed by atoms with Crippen molar-refractivity contribution in [2.75, 3.05) is 0 Å². The number of nitrogens with zero attached hydrogens (tertiary/aromatic N) is 2. The Balaban J connectivity index is 2.11. The van der Waals surface area contributed by atoms with Crippen molar-refractivity contribution in [2.45, 2.75) is 46.3 Å². The lowest BCUT2D eigenvalue weighted by atomic mass is 10.00. The number of rotatable bonds is 4. The minimum atomic E-state index is -0.492. The van der Waals surface area contributed by atoms with E-state index >= 15 is 0 Å². The van der Waals surface area contributed by atoms with E-state index in [0.29, 0.717) is 12.5 Å². The number of aliphatic hydroxyl groups is 1. The van der Waals surface area contributed by atoms with Crippen molar-refractivity contribution in [1.82, 2.24) is 9.55 Å². The second-order valence-electron chi connectivity index (χ2n) is 5.40. The largest absolute Gasteiger partial charge is 0.387 e. The molecule has 0 bridgehead atoms. The molecule has 0 spiro atoms. The summed E-state index contributed by atoms with van der Waals surface area (Å²) in [5.74, 6) is 0.518. The normalized spacial score (nSPS) is 12.9. The van der Waals surface area contributed by atoms with Gasteiger partial charge in [-0.3, -0.25) is 0 Å². The van der Waals surface area contributed by atoms with Crippen molar-refractivity contribution in [3.63, 3.8) is 0 Å². The zero-order chi connectivity index (χ0) is 14.0. The Morgan fingerprint density at radius 3 is 2.16 bits per heavy atom. The Hall–Kier alpha value is -1.61. The van der Waals surface area contributed by atoms with Crippen molar-refractivity contribution in [3.8, 4) is 0 Å². The lowest BCUT2D eigenvalue weighted by molar-refractivity contribution is 0.155. The van der Waals surface area contributed by atoms with Crippen molar-refractivity contribution in [1.29, 1.82) is 0 Å². The van der Waals surface area contributed by atoms with Crippen LogP contribution in [-0.4, -0.2) is 14.7 Å². The van der Waals surface area contributed by atoms with Gasteiger partial charge in [0.1, 0.15) is 0 Å². The van der Waals surface area contributed by atoms with Crippen molar-refractivity contribution in [2.24, 2.45) is 0 Å². The van der Waals surface area contributed by atoms with Crippen LogP contribution >= 0.6 is 0 Å². The second-order valence-corrected chi connectivity index (χ2v) is 5.40. The molecule has 0 saturated heterocycles. The maximum atomic E-state index is 10.3. The van der Waals surface area contributed by atoms with Gasteiger partial charge in [-0.2, -0.15) is 0 Å². The van der Waals surface area contributed by atoms with Gasteiger partial charge in [-0.25, -0.2) is 4.98 Å². The minimum absolute atomic E-state index is 0.492. The summed E-state index contributed by atoms with van der Waals surface area (Å²) in [6.45, 7) is 8.90. The van der Waals surface area contributed by atoms with Crippen LogP contribution in [0.4, 0.5) is 0 Å². The van der Waals surface area contributed by atoms with E-state index in [1.165, 1.54) is 5.56 Å². The molecule has 102 valence electrons. The van der Waals surface area contributed by atoms with E-state index < -0.39 is 6.10 Å². The molecule has 0 aliphatic heterocycles. The van der Waals surface area contributed by atoms with Crippen LogP contribution in [0.15, 0.2) is 30.6 Å². The maximum Gasteiger partial charge on any atom is 0.0969 e. The molecule has 1 N–H and O–H groups in total. The zero-order valence-electron chi connectivity index (χ0n) is 12.1. The molecule has 3 nitrogen and oxygen atoms in total. The van der Waals surface area contributed by atoms with Crippen molar-refractivity contribution < 1.29 is 5.11 Å². The fourth-order valence-electron chi connectivity index (χ4n) is 2.12. The summed E-state index contributed by atoms with van der Waals surface area (Å²) in [6.07, 6.45) is 1.30. The molecule has 3 heteroatoms. The number of aryl methyl sites for hydroxylation is 1. The highest BCUT2D eigenvalue weighted by Crippen LogP contribution is 2.20. The lowest BCUT2D eigenvalue weighted by Gasteiger charge is -2.14. The molecule has 2 rings (SSSR count). The average molecular weight is 258 g/mol. The fourth-order valence-corrected chi connectivity index (χ4v) is 2.12. The summed E-state index contributed by atoms with van der Waals surface area (Å²) in [5.41, 5.74) is 4.38. The fraction of sp³-hybridized carbons (Fsp3) is 0.438. The molecule has 2 aromatic rings. The molecule has 0 fully saturated rings. The molecular weight excluding hydrogens is 236 g/mol. The predicted molar refractivity (Wildman–Crippen MR) is 77.2 cm³/mol. The van der Waals surface area contributed by atoms with E-state index in [-0.39, 0.29) is 0 Å². The molecule has 0 radical (unpaired) electrons. The zero-order valence-corrected chi connectivity index (χ0v) is 12.1. The predicted octanol–water partition coefficient (Wildman–Crippen LogP) is 3.36. The van der Waals surface area contributed by atoms with Crippen LogP contribution in [0, 0.1) is 13.8 Å². The Morgan fingerprint density at radius 1 is 1.11 bits per heavy atom. The standard InChI is InChI=1S/C16H22N2O/c1-11(2)14-5-7-15(8-6-14)16(19)9-18-10-17-12(3)13(18)4/h5-8,10-11,16,19H,9H2,1-4H3. The quantitative estimate of drug-likeness (QED) is 0.913. The summed E-state index contributed by atoms with van der Waals surface area (Å²) in [5, 5.41) is 10.3. The van der Waals surface area contributed by atoms with Crippen molar-refractivity contribution >= 4 is 0 Å². The van der Waals surface area contributed by atoms with Crippen LogP contribution < -0.4 is 0 Å². The highest BCUT2D eigenvalue weighted by molar-refractivity contribution is 5.26. The van der Waals surface area contributed by atoms with Gasteiger partial charge in [0, 0.05) is 5.69 Å². The lowest BCUT2D eigenvalue weighted by Crippen LogP contribution is -2.09. The first-order chi connectivity index (χ1) is 8.99. The number of hydrogen-bond acceptors (Lipinski definition) is 2. The number of aromatic nitrogens is 2. The molecule has 1 unspecified atom stereocenters. The molecule has 1 heterocycles. The van der Waals surface area contributed by atoms with E-state index in [1.54, 1.807) is 6.33 Å². The van der Waals surface area contributed by atoms with E-state index in [0.717, 1.165) is 17.0 Å². The van der Waals surface area contributed by atoms with Gasteiger partial charge in [0.05, 0.1) is 24.7 Å². The van der Waals surface area contributed by atoms with E-state index in [4.69, 9.17) is 0 Å². The van der Waals surface area contributed by atoms with E-state index in [9.17, 15) is 5.11 Å². The SMILES string of the molecule is Cc1ncn(CC(O)c2ccc(C(C)C)cc2)c1C. The number of imidazole rings is 1. The van der Waals surface area contributed by atoms with Crippen LogP contribution in [-0.2, 0) is 6.54 Å². The van der Waals surface area contributed by atoms with Crippen molar-refractivity contribution in [3.05, 3.63) is 53.1 Å². The topological polar surface area (TPSA) is 38.0 Å². The van der Waals surface area contributed by atoms with Gasteiger partial charge >= 0.3 is 0 Å². The first-order valence-corrected chi connectivity index (χ1v) is 6.75. The molecular formula is C16H22N2O. The first-order valence-electron chi connectivity index (χ1n) is 6.75. The van der Waals surface area contributed by atoms with Gasteiger partial charge in [-0.15, -0.1) is 0 Å². The molecule has 0 amide bonds. The Labute approximate surface area is 114 Å². The number of benzene rings is 1. The molecule has 1 aromatic heterocycles. The summed E-state index contributed by atoms with van der Waals surface area (Å²) in [7, 11) is 0. The highest BCUT2D eigenvalue weighted by Gasteiger charge is 2.11. The third kappa shape index (κ3) is 3.04. The van der Waals surface area contributed by atoms with Gasteiger partial charge < -0.3 is 9.67 Å². The van der Waals surface area contributed by atoms with Gasteiger partial charge in [0.2, 0.25) is 0 Å². The molecule has 19 heavy (non-hydrogen) atoms. The third-order valence-electron chi connectivity index (χ3n) is 3.70. The van der Waals surface area contributed by atoms with Crippen LogP contribution in [0.3, 0.4) is 0 Å². The van der Waals surface area contributed by atoms with Crippen LogP contribution in [0.25, 0.3) is 0 Å². The molecule has 1 atom stereocenters. The summed E-state index contributed by atoms with van der Waals surface area (Å²) >= 11 is 0. The average Bonchev–Trinajstić information content (AvgIpc) is 2.71. The molecule has 1 aromatic carbocycles. The van der Waals surface area contributed by atoms with Crippen LogP contribution in [0.2, 0.25) is 0 Å². The minimum Gasteiger partial charge on any atom is -0.387 e. The summed E-state index contributed by atoms with van der Waals surface area (Å²) in [6, 6.07) is 8.21. The molecule has 0 aliphatic carbocycles. The van der Waals surface area contributed by atoms with Gasteiger partial charge in [0.25, 0.3) is 0 Å². The Kier molecular flexibility index (Phi) is 4.05. The van der Waals surface area contributed by atoms with Crippen LogP contribution in [0.1, 0.15) is 48.4 Å². The number of hydrogen-bond donors (Lipinski definition) is 1. The van der Waals surface area contributed by atoms with Gasteiger partial charge in [0.15, 0.2) is 0 Å². The Bertz CT molecular complexity index is 540. The van der Waals surface area contributed by atoms with Gasteiger partial charge in [-0.05, 0) is 30.9 Å². The highest BCUT2D eigenvalue weighted by atomic mass is 16.3. The van der Waals surface area contributed by atoms with E-state index in [1.807, 2.05) is 30.5 Å². The molecule has 0 aliphatic rings. The molecule has 0 saturated carbocycles. The van der Waals surface area contributed by atoms with Gasteiger partial charge in [-0.1, -0.05) is 38.1 Å². The smallest absolute Gasteiger partial charge is 0.0969 e. The summed E-state index contributed by atoms with van der Waals surface area (Å²) in [4.78, 5) is 4.25. The first kappa shape index (κ1) is 13.8. The Morgan fingerprint density at radius 2 is 1.68 bits per heavy atom. The third-order valence-corrected chi connectivity index (χ3v) is 3.70. The van der Waals surface area contributed by atoms with Crippen LogP contribution in [0.5, 0.6) is 0 Å².